The van der Waals surface area contributed by atoms with Gasteiger partial charge in [0, 0.05) is 22.9 Å². The summed E-state index contributed by atoms with van der Waals surface area (Å²) in [6.45, 7) is 1.69. The first-order valence-electron chi connectivity index (χ1n) is 7.08. The van der Waals surface area contributed by atoms with E-state index >= 15 is 0 Å². The van der Waals surface area contributed by atoms with E-state index in [0.29, 0.717) is 27.8 Å². The van der Waals surface area contributed by atoms with Crippen molar-refractivity contribution in [2.75, 3.05) is 5.75 Å². The summed E-state index contributed by atoms with van der Waals surface area (Å²) in [5, 5.41) is 15.7. The van der Waals surface area contributed by atoms with Gasteiger partial charge in [0.2, 0.25) is 0 Å². The van der Waals surface area contributed by atoms with E-state index in [0.717, 1.165) is 0 Å². The Balaban J connectivity index is 1.82. The molecule has 2 aromatic rings. The third-order valence-corrected chi connectivity index (χ3v) is 4.32. The lowest BCUT2D eigenvalue weighted by molar-refractivity contribution is -0.385. The molecule has 0 fully saturated rings. The minimum Gasteiger partial charge on any atom is -0.258 e. The van der Waals surface area contributed by atoms with Crippen LogP contribution in [0.2, 0.25) is 0 Å². The summed E-state index contributed by atoms with van der Waals surface area (Å²) in [4.78, 5) is 14.8. The summed E-state index contributed by atoms with van der Waals surface area (Å²) in [6, 6.07) is 11.2. The molecule has 2 aromatic carbocycles. The van der Waals surface area contributed by atoms with Crippen molar-refractivity contribution < 1.29 is 9.31 Å². The molecule has 122 valence electrons. The maximum atomic E-state index is 13.6. The van der Waals surface area contributed by atoms with Crippen LogP contribution in [0.3, 0.4) is 0 Å². The van der Waals surface area contributed by atoms with Crippen LogP contribution >= 0.6 is 11.8 Å². The second-order valence-corrected chi connectivity index (χ2v) is 6.05. The van der Waals surface area contributed by atoms with E-state index in [4.69, 9.17) is 0 Å². The van der Waals surface area contributed by atoms with E-state index in [2.05, 4.69) is 15.5 Å². The Bertz CT molecular complexity index is 867. The van der Waals surface area contributed by atoms with E-state index in [1.165, 1.54) is 23.9 Å². The van der Waals surface area contributed by atoms with Crippen LogP contribution in [0.5, 0.6) is 0 Å². The van der Waals surface area contributed by atoms with Gasteiger partial charge in [0.15, 0.2) is 5.17 Å². The van der Waals surface area contributed by atoms with Gasteiger partial charge in [-0.1, -0.05) is 36.0 Å². The number of aryl methyl sites for hydroxylation is 1. The second-order valence-electron chi connectivity index (χ2n) is 5.09. The van der Waals surface area contributed by atoms with Gasteiger partial charge < -0.3 is 0 Å². The molecule has 1 aliphatic rings. The van der Waals surface area contributed by atoms with Crippen molar-refractivity contribution in [3.05, 3.63) is 69.5 Å². The molecular formula is C16H13FN4O2S. The molecule has 0 unspecified atom stereocenters. The van der Waals surface area contributed by atoms with Crippen molar-refractivity contribution in [1.82, 2.24) is 5.43 Å². The number of amidine groups is 1. The van der Waals surface area contributed by atoms with Crippen LogP contribution in [0.25, 0.3) is 0 Å². The molecular weight excluding hydrogens is 331 g/mol. The standard InChI is InChI=1S/C16H13FN4O2S/c1-10-6-7-11(8-15(10)21(22)23)14-9-24-16(20-19-14)18-13-5-3-2-4-12(13)17/h2-8H,9H2,1H3,(H,18,20). The Hall–Kier alpha value is -2.74. The third-order valence-electron chi connectivity index (χ3n) is 3.45. The average Bonchev–Trinajstić information content (AvgIpc) is 2.58. The van der Waals surface area contributed by atoms with Gasteiger partial charge in [-0.3, -0.25) is 15.5 Å². The number of rotatable bonds is 3. The molecule has 0 bridgehead atoms. The number of hydrogen-bond acceptors (Lipinski definition) is 5. The minimum atomic E-state index is -0.409. The fourth-order valence-corrected chi connectivity index (χ4v) is 2.94. The number of para-hydroxylation sites is 1. The van der Waals surface area contributed by atoms with Crippen molar-refractivity contribution >= 4 is 34.0 Å². The monoisotopic (exact) mass is 344 g/mol. The number of halogens is 1. The first-order chi connectivity index (χ1) is 11.5. The predicted octanol–water partition coefficient (Wildman–Crippen LogP) is 3.77. The molecule has 0 saturated heterocycles. The van der Waals surface area contributed by atoms with Crippen LogP contribution in [0.15, 0.2) is 52.6 Å². The van der Waals surface area contributed by atoms with Crippen molar-refractivity contribution in [3.8, 4) is 0 Å². The Labute approximate surface area is 141 Å². The zero-order valence-electron chi connectivity index (χ0n) is 12.7. The smallest absolute Gasteiger partial charge is 0.258 e. The highest BCUT2D eigenvalue weighted by molar-refractivity contribution is 8.14. The van der Waals surface area contributed by atoms with Crippen LogP contribution in [0.4, 0.5) is 15.8 Å². The van der Waals surface area contributed by atoms with Crippen molar-refractivity contribution in [3.63, 3.8) is 0 Å². The summed E-state index contributed by atoms with van der Waals surface area (Å²) in [5.74, 6) is 0.0804. The number of hydrogen-bond donors (Lipinski definition) is 1. The number of nitro groups is 1. The maximum absolute atomic E-state index is 13.6. The van der Waals surface area contributed by atoms with Gasteiger partial charge >= 0.3 is 0 Å². The lowest BCUT2D eigenvalue weighted by Crippen LogP contribution is -2.25. The SMILES string of the molecule is Cc1ccc(C2=NNC(=Nc3ccccc3F)SC2)cc1[N+](=O)[O-]. The molecule has 0 amide bonds. The summed E-state index contributed by atoms with van der Waals surface area (Å²) in [7, 11) is 0. The average molecular weight is 344 g/mol. The molecule has 1 N–H and O–H groups in total. The second kappa shape index (κ2) is 6.79. The highest BCUT2D eigenvalue weighted by Gasteiger charge is 2.17. The number of nitrogens with zero attached hydrogens (tertiary/aromatic N) is 3. The molecule has 0 spiro atoms. The van der Waals surface area contributed by atoms with E-state index in [-0.39, 0.29) is 11.4 Å². The summed E-state index contributed by atoms with van der Waals surface area (Å²) in [6.07, 6.45) is 0. The number of thioether (sulfide) groups is 1. The van der Waals surface area contributed by atoms with Crippen molar-refractivity contribution in [2.45, 2.75) is 6.92 Å². The van der Waals surface area contributed by atoms with Gasteiger partial charge in [-0.2, -0.15) is 5.10 Å². The number of aliphatic imine (C=N–C) groups is 1. The van der Waals surface area contributed by atoms with Crippen LogP contribution in [-0.4, -0.2) is 21.6 Å². The van der Waals surface area contributed by atoms with E-state index in [1.54, 1.807) is 37.3 Å². The lowest BCUT2D eigenvalue weighted by atomic mass is 10.1. The Morgan fingerprint density at radius 3 is 2.79 bits per heavy atom. The normalized spacial score (nSPS) is 15.8. The molecule has 0 atom stereocenters. The molecule has 8 heteroatoms. The minimum absolute atomic E-state index is 0.0611. The van der Waals surface area contributed by atoms with E-state index < -0.39 is 10.7 Å². The molecule has 0 aromatic heterocycles. The van der Waals surface area contributed by atoms with Crippen LogP contribution < -0.4 is 5.43 Å². The first kappa shape index (κ1) is 16.1. The Kier molecular flexibility index (Phi) is 4.57. The number of benzene rings is 2. The van der Waals surface area contributed by atoms with E-state index in [9.17, 15) is 14.5 Å². The van der Waals surface area contributed by atoms with Crippen molar-refractivity contribution in [2.24, 2.45) is 10.1 Å². The zero-order valence-corrected chi connectivity index (χ0v) is 13.5. The first-order valence-corrected chi connectivity index (χ1v) is 8.07. The van der Waals surface area contributed by atoms with Crippen molar-refractivity contribution in [1.29, 1.82) is 0 Å². The molecule has 6 nitrogen and oxygen atoms in total. The molecule has 1 heterocycles. The number of hydrazone groups is 1. The summed E-state index contributed by atoms with van der Waals surface area (Å²) < 4.78 is 13.6. The third kappa shape index (κ3) is 3.43. The van der Waals surface area contributed by atoms with Gasteiger partial charge in [-0.05, 0) is 19.1 Å². The highest BCUT2D eigenvalue weighted by atomic mass is 32.2. The molecule has 3 rings (SSSR count). The van der Waals surface area contributed by atoms with Gasteiger partial charge in [-0.15, -0.1) is 0 Å². The van der Waals surface area contributed by atoms with Gasteiger partial charge in [0.05, 0.1) is 10.6 Å². The molecule has 0 aliphatic carbocycles. The molecule has 0 radical (unpaired) electrons. The summed E-state index contributed by atoms with van der Waals surface area (Å²) >= 11 is 1.36. The topological polar surface area (TPSA) is 79.9 Å². The fourth-order valence-electron chi connectivity index (χ4n) is 2.16. The summed E-state index contributed by atoms with van der Waals surface area (Å²) in [5.41, 5.74) is 5.02. The largest absolute Gasteiger partial charge is 0.272 e. The number of nitrogens with one attached hydrogen (secondary N) is 1. The Morgan fingerprint density at radius 2 is 2.12 bits per heavy atom. The highest BCUT2D eigenvalue weighted by Crippen LogP contribution is 2.23. The molecule has 0 saturated carbocycles. The predicted molar refractivity (Wildman–Crippen MR) is 93.5 cm³/mol. The van der Waals surface area contributed by atoms with Crippen LogP contribution in [0.1, 0.15) is 11.1 Å². The quantitative estimate of drug-likeness (QED) is 0.679. The zero-order chi connectivity index (χ0) is 17.1. The maximum Gasteiger partial charge on any atom is 0.272 e. The van der Waals surface area contributed by atoms with Crippen LogP contribution in [0, 0.1) is 22.9 Å². The Morgan fingerprint density at radius 1 is 1.33 bits per heavy atom. The molecule has 24 heavy (non-hydrogen) atoms. The van der Waals surface area contributed by atoms with E-state index in [1.807, 2.05) is 0 Å². The lowest BCUT2D eigenvalue weighted by Gasteiger charge is -2.15. The number of nitro benzene ring substituents is 1. The van der Waals surface area contributed by atoms with Crippen LogP contribution in [-0.2, 0) is 0 Å². The fraction of sp³-hybridized carbons (Fsp3) is 0.125. The van der Waals surface area contributed by atoms with Gasteiger partial charge in [0.25, 0.3) is 5.69 Å². The molecule has 1 aliphatic heterocycles. The van der Waals surface area contributed by atoms with Gasteiger partial charge in [-0.25, -0.2) is 9.38 Å². The van der Waals surface area contributed by atoms with Gasteiger partial charge in [0.1, 0.15) is 11.5 Å².